The van der Waals surface area contributed by atoms with Crippen molar-refractivity contribution in [3.05, 3.63) is 29.1 Å². The zero-order chi connectivity index (χ0) is 21.4. The van der Waals surface area contributed by atoms with Crippen LogP contribution in [-0.2, 0) is 25.6 Å². The summed E-state index contributed by atoms with van der Waals surface area (Å²) in [5.41, 5.74) is 1.46. The number of halogens is 1. The summed E-state index contributed by atoms with van der Waals surface area (Å²) in [6, 6.07) is 2.29. The Kier molecular flexibility index (Phi) is 5.75. The van der Waals surface area contributed by atoms with E-state index in [9.17, 15) is 18.8 Å². The number of piperidine rings is 2. The highest BCUT2D eigenvalue weighted by atomic mass is 19.1. The number of amides is 3. The van der Waals surface area contributed by atoms with Crippen molar-refractivity contribution in [1.82, 2.24) is 10.2 Å². The number of hydrogen-bond acceptors (Lipinski definition) is 6. The molecule has 0 saturated carbocycles. The summed E-state index contributed by atoms with van der Waals surface area (Å²) in [6.45, 7) is 1.56. The molecule has 3 aliphatic heterocycles. The molecule has 0 spiro atoms. The quantitative estimate of drug-likeness (QED) is 0.574. The summed E-state index contributed by atoms with van der Waals surface area (Å²) in [5.74, 6) is -1.37. The van der Waals surface area contributed by atoms with Crippen molar-refractivity contribution in [1.29, 1.82) is 0 Å². The van der Waals surface area contributed by atoms with Crippen LogP contribution in [0.4, 0.5) is 10.1 Å². The molecule has 0 radical (unpaired) electrons. The minimum Gasteiger partial charge on any atom is -0.369 e. The maximum absolute atomic E-state index is 14.9. The smallest absolute Gasteiger partial charge is 0.255 e. The van der Waals surface area contributed by atoms with Crippen molar-refractivity contribution >= 4 is 23.4 Å². The highest BCUT2D eigenvalue weighted by molar-refractivity contribution is 6.05. The predicted molar refractivity (Wildman–Crippen MR) is 105 cm³/mol. The molecule has 3 heterocycles. The summed E-state index contributed by atoms with van der Waals surface area (Å²) in [6.07, 6.45) is 1.83. The minimum absolute atomic E-state index is 0.190. The SMILES string of the molecule is COC(OC)C1CCN(c2cc3c(cc2F)C(=O)N(C2CCC(=O)NC2=O)C3)CC1. The highest BCUT2D eigenvalue weighted by Gasteiger charge is 2.40. The maximum atomic E-state index is 14.9. The molecule has 1 aromatic rings. The first-order valence-corrected chi connectivity index (χ1v) is 10.2. The predicted octanol–water partition coefficient (Wildman–Crippen LogP) is 1.42. The number of carbonyl (C=O) groups excluding carboxylic acids is 3. The normalized spacial score (nSPS) is 22.7. The Morgan fingerprint density at radius 1 is 1.10 bits per heavy atom. The molecule has 2 fully saturated rings. The van der Waals surface area contributed by atoms with Crippen LogP contribution in [0.5, 0.6) is 0 Å². The molecule has 1 atom stereocenters. The zero-order valence-electron chi connectivity index (χ0n) is 17.2. The van der Waals surface area contributed by atoms with Crippen molar-refractivity contribution in [3.63, 3.8) is 0 Å². The Morgan fingerprint density at radius 2 is 1.80 bits per heavy atom. The Balaban J connectivity index is 1.49. The number of rotatable bonds is 5. The monoisotopic (exact) mass is 419 g/mol. The second-order valence-corrected chi connectivity index (χ2v) is 8.02. The molecule has 2 saturated heterocycles. The zero-order valence-corrected chi connectivity index (χ0v) is 17.2. The molecule has 3 amide bonds. The summed E-state index contributed by atoms with van der Waals surface area (Å²) < 4.78 is 25.6. The lowest BCUT2D eigenvalue weighted by molar-refractivity contribution is -0.141. The number of nitrogens with zero attached hydrogens (tertiary/aromatic N) is 2. The molecule has 0 aliphatic carbocycles. The standard InChI is InChI=1S/C21H26FN3O5/c1-29-21(30-2)12-5-7-24(8-6-12)17-9-13-11-25(20(28)14(13)10-15(17)22)16-3-4-18(26)23-19(16)27/h9-10,12,16,21H,3-8,11H2,1-2H3,(H,23,26,27). The average molecular weight is 419 g/mol. The maximum Gasteiger partial charge on any atom is 0.255 e. The van der Waals surface area contributed by atoms with E-state index in [0.717, 1.165) is 12.8 Å². The van der Waals surface area contributed by atoms with Gasteiger partial charge in [0.05, 0.1) is 5.69 Å². The number of imide groups is 1. The lowest BCUT2D eigenvalue weighted by Crippen LogP contribution is -2.52. The first-order chi connectivity index (χ1) is 14.4. The van der Waals surface area contributed by atoms with Crippen molar-refractivity contribution in [2.24, 2.45) is 5.92 Å². The number of benzene rings is 1. The summed E-state index contributed by atoms with van der Waals surface area (Å²) in [7, 11) is 3.23. The molecule has 0 bridgehead atoms. The molecule has 1 aromatic carbocycles. The Hall–Kier alpha value is -2.52. The third-order valence-electron chi connectivity index (χ3n) is 6.32. The first kappa shape index (κ1) is 20.7. The van der Waals surface area contributed by atoms with E-state index in [0.29, 0.717) is 24.3 Å². The van der Waals surface area contributed by atoms with Crippen molar-refractivity contribution < 1.29 is 28.2 Å². The number of methoxy groups -OCH3 is 2. The molecule has 8 nitrogen and oxygen atoms in total. The van der Waals surface area contributed by atoms with E-state index in [4.69, 9.17) is 9.47 Å². The lowest BCUT2D eigenvalue weighted by Gasteiger charge is -2.36. The third kappa shape index (κ3) is 3.67. The molecular formula is C21H26FN3O5. The summed E-state index contributed by atoms with van der Waals surface area (Å²) in [5, 5.41) is 2.28. The van der Waals surface area contributed by atoms with E-state index >= 15 is 0 Å². The number of fused-ring (bicyclic) bond motifs is 1. The second kappa shape index (κ2) is 8.31. The van der Waals surface area contributed by atoms with Crippen molar-refractivity contribution in [2.45, 2.75) is 44.6 Å². The van der Waals surface area contributed by atoms with E-state index in [-0.39, 0.29) is 49.0 Å². The Bertz CT molecular complexity index is 864. The van der Waals surface area contributed by atoms with Crippen LogP contribution < -0.4 is 10.2 Å². The first-order valence-electron chi connectivity index (χ1n) is 10.2. The second-order valence-electron chi connectivity index (χ2n) is 8.02. The molecule has 162 valence electrons. The molecule has 3 aliphatic rings. The fourth-order valence-corrected chi connectivity index (χ4v) is 4.71. The average Bonchev–Trinajstić information content (AvgIpc) is 3.04. The van der Waals surface area contributed by atoms with Gasteiger partial charge >= 0.3 is 0 Å². The van der Waals surface area contributed by atoms with Gasteiger partial charge in [0, 0.05) is 51.8 Å². The van der Waals surface area contributed by atoms with Gasteiger partial charge in [-0.1, -0.05) is 0 Å². The number of anilines is 1. The largest absolute Gasteiger partial charge is 0.369 e. The topological polar surface area (TPSA) is 88.2 Å². The Morgan fingerprint density at radius 3 is 2.43 bits per heavy atom. The van der Waals surface area contributed by atoms with E-state index in [1.54, 1.807) is 20.3 Å². The van der Waals surface area contributed by atoms with Crippen LogP contribution >= 0.6 is 0 Å². The van der Waals surface area contributed by atoms with Gasteiger partial charge in [0.25, 0.3) is 5.91 Å². The molecular weight excluding hydrogens is 393 g/mol. The van der Waals surface area contributed by atoms with Crippen LogP contribution in [0.15, 0.2) is 12.1 Å². The van der Waals surface area contributed by atoms with Gasteiger partial charge in [-0.2, -0.15) is 0 Å². The van der Waals surface area contributed by atoms with E-state index in [1.807, 2.05) is 4.90 Å². The molecule has 30 heavy (non-hydrogen) atoms. The van der Waals surface area contributed by atoms with Crippen LogP contribution in [0.1, 0.15) is 41.6 Å². The van der Waals surface area contributed by atoms with Crippen LogP contribution in [0, 0.1) is 11.7 Å². The molecule has 9 heteroatoms. The number of nitrogens with one attached hydrogen (secondary N) is 1. The van der Waals surface area contributed by atoms with Crippen LogP contribution in [0.2, 0.25) is 0 Å². The fourth-order valence-electron chi connectivity index (χ4n) is 4.71. The van der Waals surface area contributed by atoms with Gasteiger partial charge in [0.2, 0.25) is 11.8 Å². The van der Waals surface area contributed by atoms with Gasteiger partial charge in [-0.3, -0.25) is 19.7 Å². The van der Waals surface area contributed by atoms with E-state index < -0.39 is 17.8 Å². The summed E-state index contributed by atoms with van der Waals surface area (Å²) in [4.78, 5) is 39.8. The third-order valence-corrected chi connectivity index (χ3v) is 6.32. The van der Waals surface area contributed by atoms with Crippen molar-refractivity contribution in [3.8, 4) is 0 Å². The van der Waals surface area contributed by atoms with Crippen LogP contribution in [0.25, 0.3) is 0 Å². The molecule has 0 aromatic heterocycles. The van der Waals surface area contributed by atoms with E-state index in [2.05, 4.69) is 5.32 Å². The number of hydrogen-bond donors (Lipinski definition) is 1. The van der Waals surface area contributed by atoms with Gasteiger partial charge in [-0.05, 0) is 37.0 Å². The van der Waals surface area contributed by atoms with Crippen molar-refractivity contribution in [2.75, 3.05) is 32.2 Å². The van der Waals surface area contributed by atoms with Crippen LogP contribution in [-0.4, -0.2) is 62.3 Å². The van der Waals surface area contributed by atoms with Gasteiger partial charge in [0.1, 0.15) is 11.9 Å². The van der Waals surface area contributed by atoms with Gasteiger partial charge in [-0.15, -0.1) is 0 Å². The Labute approximate surface area is 174 Å². The van der Waals surface area contributed by atoms with Gasteiger partial charge in [0.15, 0.2) is 6.29 Å². The van der Waals surface area contributed by atoms with Crippen LogP contribution in [0.3, 0.4) is 0 Å². The number of ether oxygens (including phenoxy) is 2. The molecule has 4 rings (SSSR count). The van der Waals surface area contributed by atoms with Gasteiger partial charge < -0.3 is 19.3 Å². The molecule has 1 N–H and O–H groups in total. The lowest BCUT2D eigenvalue weighted by atomic mass is 9.95. The fraction of sp³-hybridized carbons (Fsp3) is 0.571. The summed E-state index contributed by atoms with van der Waals surface area (Å²) >= 11 is 0. The molecule has 1 unspecified atom stereocenters. The number of carbonyl (C=O) groups is 3. The minimum atomic E-state index is -0.704. The van der Waals surface area contributed by atoms with E-state index in [1.165, 1.54) is 11.0 Å². The highest BCUT2D eigenvalue weighted by Crippen LogP contribution is 2.34. The van der Waals surface area contributed by atoms with Gasteiger partial charge in [-0.25, -0.2) is 4.39 Å².